The molecular weight excluding hydrogens is 278 g/mol. The lowest BCUT2D eigenvalue weighted by Gasteiger charge is -2.21. The molecule has 0 spiro atoms. The lowest BCUT2D eigenvalue weighted by atomic mass is 9.94. The van der Waals surface area contributed by atoms with Crippen LogP contribution in [0.5, 0.6) is 0 Å². The number of nitrogens with one attached hydrogen (secondary N) is 2. The van der Waals surface area contributed by atoms with Crippen molar-refractivity contribution in [3.05, 3.63) is 35.7 Å². The van der Waals surface area contributed by atoms with Gasteiger partial charge in [0.2, 0.25) is 5.89 Å². The zero-order chi connectivity index (χ0) is 15.4. The van der Waals surface area contributed by atoms with Crippen molar-refractivity contribution >= 4 is 11.6 Å². The van der Waals surface area contributed by atoms with Gasteiger partial charge < -0.3 is 15.1 Å². The van der Waals surface area contributed by atoms with Crippen molar-refractivity contribution in [2.24, 2.45) is 0 Å². The molecule has 116 valence electrons. The van der Waals surface area contributed by atoms with Crippen LogP contribution in [-0.4, -0.2) is 24.0 Å². The van der Waals surface area contributed by atoms with Crippen LogP contribution in [0, 0.1) is 0 Å². The third-order valence-corrected chi connectivity index (χ3v) is 3.91. The Morgan fingerprint density at radius 2 is 2.36 bits per heavy atom. The molecule has 0 saturated carbocycles. The van der Waals surface area contributed by atoms with Gasteiger partial charge in [-0.15, -0.1) is 0 Å². The van der Waals surface area contributed by atoms with Gasteiger partial charge in [-0.25, -0.2) is 4.98 Å². The molecule has 5 heteroatoms. The Labute approximate surface area is 130 Å². The Bertz CT molecular complexity index is 650. The molecule has 1 amide bonds. The van der Waals surface area contributed by atoms with Crippen molar-refractivity contribution in [1.82, 2.24) is 10.3 Å². The number of rotatable bonds is 5. The van der Waals surface area contributed by atoms with Crippen molar-refractivity contribution in [3.63, 3.8) is 0 Å². The number of carbonyl (C=O) groups is 1. The second kappa shape index (κ2) is 6.64. The van der Waals surface area contributed by atoms with Crippen molar-refractivity contribution < 1.29 is 9.21 Å². The van der Waals surface area contributed by atoms with Crippen LogP contribution in [-0.2, 0) is 6.42 Å². The Kier molecular flexibility index (Phi) is 4.42. The number of amides is 1. The van der Waals surface area contributed by atoms with E-state index in [0.717, 1.165) is 43.5 Å². The predicted octanol–water partition coefficient (Wildman–Crippen LogP) is 3.23. The van der Waals surface area contributed by atoms with Crippen LogP contribution in [0.1, 0.15) is 42.1 Å². The first-order valence-corrected chi connectivity index (χ1v) is 7.88. The van der Waals surface area contributed by atoms with Gasteiger partial charge in [-0.3, -0.25) is 4.79 Å². The second-order valence-electron chi connectivity index (χ2n) is 5.53. The molecule has 0 atom stereocenters. The summed E-state index contributed by atoms with van der Waals surface area (Å²) in [5.41, 5.74) is 3.76. The molecule has 3 rings (SSSR count). The molecule has 5 nitrogen and oxygen atoms in total. The number of hydrogen-bond acceptors (Lipinski definition) is 4. The average Bonchev–Trinajstić information content (AvgIpc) is 3.08. The molecule has 1 aliphatic rings. The topological polar surface area (TPSA) is 67.2 Å². The molecule has 22 heavy (non-hydrogen) atoms. The third kappa shape index (κ3) is 2.98. The zero-order valence-electron chi connectivity index (χ0n) is 12.8. The molecule has 1 aromatic heterocycles. The summed E-state index contributed by atoms with van der Waals surface area (Å²) in [4.78, 5) is 16.6. The van der Waals surface area contributed by atoms with E-state index in [1.54, 1.807) is 12.5 Å². The average molecular weight is 299 g/mol. The van der Waals surface area contributed by atoms with Crippen LogP contribution in [0.3, 0.4) is 0 Å². The molecule has 0 radical (unpaired) electrons. The minimum absolute atomic E-state index is 0.0450. The van der Waals surface area contributed by atoms with Crippen LogP contribution in [0.15, 0.2) is 29.0 Å². The molecule has 1 aliphatic heterocycles. The fraction of sp³-hybridized carbons (Fsp3) is 0.412. The largest absolute Gasteiger partial charge is 0.445 e. The van der Waals surface area contributed by atoms with Crippen LogP contribution in [0.25, 0.3) is 11.5 Å². The lowest BCUT2D eigenvalue weighted by molar-refractivity contribution is 0.0953. The van der Waals surface area contributed by atoms with Gasteiger partial charge in [0, 0.05) is 29.9 Å². The highest BCUT2D eigenvalue weighted by molar-refractivity contribution is 5.97. The first-order chi connectivity index (χ1) is 10.8. The molecule has 0 saturated heterocycles. The zero-order valence-corrected chi connectivity index (χ0v) is 12.8. The summed E-state index contributed by atoms with van der Waals surface area (Å²) in [6.45, 7) is 3.74. The van der Waals surface area contributed by atoms with Gasteiger partial charge in [0.15, 0.2) is 0 Å². The highest BCUT2D eigenvalue weighted by Crippen LogP contribution is 2.33. The van der Waals surface area contributed by atoms with E-state index < -0.39 is 0 Å². The van der Waals surface area contributed by atoms with Gasteiger partial charge in [0.1, 0.15) is 6.26 Å². The van der Waals surface area contributed by atoms with Gasteiger partial charge in [-0.2, -0.15) is 0 Å². The van der Waals surface area contributed by atoms with Gasteiger partial charge in [-0.05, 0) is 37.0 Å². The number of carbonyl (C=O) groups excluding carboxylic acids is 1. The van der Waals surface area contributed by atoms with E-state index in [0.29, 0.717) is 18.0 Å². The number of nitrogens with zero attached hydrogens (tertiary/aromatic N) is 1. The number of benzene rings is 1. The monoisotopic (exact) mass is 299 g/mol. The predicted molar refractivity (Wildman–Crippen MR) is 86.0 cm³/mol. The van der Waals surface area contributed by atoms with Crippen LogP contribution >= 0.6 is 0 Å². The maximum Gasteiger partial charge on any atom is 0.251 e. The molecule has 0 bridgehead atoms. The number of aromatic nitrogens is 1. The Hall–Kier alpha value is -2.30. The minimum atomic E-state index is -0.0450. The highest BCUT2D eigenvalue weighted by Gasteiger charge is 2.20. The number of oxazole rings is 1. The Morgan fingerprint density at radius 1 is 1.45 bits per heavy atom. The summed E-state index contributed by atoms with van der Waals surface area (Å²) < 4.78 is 5.45. The quantitative estimate of drug-likeness (QED) is 0.832. The van der Waals surface area contributed by atoms with Crippen molar-refractivity contribution in [2.75, 3.05) is 18.4 Å². The third-order valence-electron chi connectivity index (χ3n) is 3.91. The first kappa shape index (κ1) is 14.6. The summed E-state index contributed by atoms with van der Waals surface area (Å²) in [5.74, 6) is 0.527. The van der Waals surface area contributed by atoms with Crippen molar-refractivity contribution in [1.29, 1.82) is 0 Å². The van der Waals surface area contributed by atoms with Gasteiger partial charge in [0.05, 0.1) is 6.20 Å². The van der Waals surface area contributed by atoms with E-state index >= 15 is 0 Å². The smallest absolute Gasteiger partial charge is 0.251 e. The van der Waals surface area contributed by atoms with Gasteiger partial charge >= 0.3 is 0 Å². The summed E-state index contributed by atoms with van der Waals surface area (Å²) >= 11 is 0. The summed E-state index contributed by atoms with van der Waals surface area (Å²) in [6.07, 6.45) is 7.29. The normalized spacial score (nSPS) is 13.3. The summed E-state index contributed by atoms with van der Waals surface area (Å²) in [7, 11) is 0. The first-order valence-electron chi connectivity index (χ1n) is 7.88. The van der Waals surface area contributed by atoms with Crippen LogP contribution in [0.2, 0.25) is 0 Å². The number of fused-ring (bicyclic) bond motifs is 1. The minimum Gasteiger partial charge on any atom is -0.445 e. The summed E-state index contributed by atoms with van der Waals surface area (Å²) in [6, 6.07) is 3.82. The maximum atomic E-state index is 12.3. The molecule has 2 aromatic rings. The Balaban J connectivity index is 1.95. The summed E-state index contributed by atoms with van der Waals surface area (Å²) in [5, 5.41) is 6.34. The van der Waals surface area contributed by atoms with Crippen molar-refractivity contribution in [3.8, 4) is 11.5 Å². The lowest BCUT2D eigenvalue weighted by Crippen LogP contribution is -2.25. The van der Waals surface area contributed by atoms with Crippen LogP contribution < -0.4 is 10.6 Å². The SMILES string of the molecule is CCCCNC(=O)c1cc2c(c(-c3ncco3)c1)CCCN2. The second-order valence-corrected chi connectivity index (χ2v) is 5.53. The van der Waals surface area contributed by atoms with Gasteiger partial charge in [0.25, 0.3) is 5.91 Å². The molecule has 2 N–H and O–H groups in total. The fourth-order valence-electron chi connectivity index (χ4n) is 2.75. The van der Waals surface area contributed by atoms with E-state index in [1.165, 1.54) is 5.56 Å². The van der Waals surface area contributed by atoms with E-state index in [9.17, 15) is 4.79 Å². The molecule has 0 fully saturated rings. The van der Waals surface area contributed by atoms with Crippen LogP contribution in [0.4, 0.5) is 5.69 Å². The maximum absolute atomic E-state index is 12.3. The van der Waals surface area contributed by atoms with Gasteiger partial charge in [-0.1, -0.05) is 13.3 Å². The highest BCUT2D eigenvalue weighted by atomic mass is 16.3. The van der Waals surface area contributed by atoms with E-state index in [1.807, 2.05) is 12.1 Å². The molecule has 2 heterocycles. The Morgan fingerprint density at radius 3 is 3.14 bits per heavy atom. The van der Waals surface area contributed by atoms with E-state index in [2.05, 4.69) is 22.5 Å². The number of anilines is 1. The van der Waals surface area contributed by atoms with E-state index in [-0.39, 0.29) is 5.91 Å². The standard InChI is InChI=1S/C17H21N3O2/c1-2-3-6-19-16(21)12-10-14(17-20-8-9-22-17)13-5-4-7-18-15(13)11-12/h8-11,18H,2-7H2,1H3,(H,19,21). The molecule has 0 aliphatic carbocycles. The fourth-order valence-corrected chi connectivity index (χ4v) is 2.75. The number of hydrogen-bond donors (Lipinski definition) is 2. The van der Waals surface area contributed by atoms with E-state index in [4.69, 9.17) is 4.42 Å². The van der Waals surface area contributed by atoms with Crippen molar-refractivity contribution in [2.45, 2.75) is 32.6 Å². The molecule has 0 unspecified atom stereocenters. The molecule has 1 aromatic carbocycles. The molecular formula is C17H21N3O2. The number of unbranched alkanes of at least 4 members (excludes halogenated alkanes) is 1.